The maximum atomic E-state index is 13.2. The molecule has 0 aliphatic carbocycles. The fourth-order valence-electron chi connectivity index (χ4n) is 4.88. The van der Waals surface area contributed by atoms with E-state index < -0.39 is 12.1 Å². The maximum absolute atomic E-state index is 13.2. The number of nitrogens with one attached hydrogen (secondary N) is 1. The van der Waals surface area contributed by atoms with E-state index in [0.717, 1.165) is 33.3 Å². The van der Waals surface area contributed by atoms with Crippen LogP contribution in [0.5, 0.6) is 5.75 Å². The highest BCUT2D eigenvalue weighted by Crippen LogP contribution is 2.30. The van der Waals surface area contributed by atoms with E-state index in [2.05, 4.69) is 55.8 Å². The molecule has 1 amide bonds. The number of nitrogens with zero attached hydrogens (tertiary/aromatic N) is 1. The average Bonchev–Trinajstić information content (AvgIpc) is 3.18. The largest absolute Gasteiger partial charge is 0.479 e. The van der Waals surface area contributed by atoms with Gasteiger partial charge in [0.25, 0.3) is 5.91 Å². The van der Waals surface area contributed by atoms with Crippen LogP contribution in [-0.4, -0.2) is 29.7 Å². The van der Waals surface area contributed by atoms with Gasteiger partial charge in [-0.15, -0.1) is 0 Å². The third-order valence-electron chi connectivity index (χ3n) is 7.52. The lowest BCUT2D eigenvalue weighted by Crippen LogP contribution is -2.26. The van der Waals surface area contributed by atoms with Gasteiger partial charge >= 0.3 is 5.97 Å². The summed E-state index contributed by atoms with van der Waals surface area (Å²) in [6.45, 7) is 12.6. The van der Waals surface area contributed by atoms with Crippen LogP contribution in [0.2, 0.25) is 5.02 Å². The van der Waals surface area contributed by atoms with Crippen LogP contribution in [0.1, 0.15) is 78.0 Å². The van der Waals surface area contributed by atoms with Gasteiger partial charge in [-0.3, -0.25) is 4.79 Å². The van der Waals surface area contributed by atoms with Gasteiger partial charge < -0.3 is 19.4 Å². The summed E-state index contributed by atoms with van der Waals surface area (Å²) in [5.74, 6) is 0.406. The van der Waals surface area contributed by atoms with Crippen LogP contribution in [0.15, 0.2) is 60.7 Å². The molecule has 0 bridgehead atoms. The molecule has 7 heteroatoms. The number of methoxy groups -OCH3 is 1. The molecule has 4 rings (SSSR count). The second-order valence-corrected chi connectivity index (χ2v) is 11.0. The van der Waals surface area contributed by atoms with Crippen LogP contribution < -0.4 is 10.1 Å². The van der Waals surface area contributed by atoms with E-state index in [9.17, 15) is 9.59 Å². The van der Waals surface area contributed by atoms with Gasteiger partial charge in [0.15, 0.2) is 6.10 Å². The molecule has 6 nitrogen and oxygen atoms in total. The minimum absolute atomic E-state index is 0.109. The molecule has 210 valence electrons. The first kappa shape index (κ1) is 29.2. The molecule has 1 unspecified atom stereocenters. The minimum Gasteiger partial charge on any atom is -0.479 e. The highest BCUT2D eigenvalue weighted by Gasteiger charge is 2.19. The number of amides is 1. The van der Waals surface area contributed by atoms with Crippen molar-refractivity contribution in [1.29, 1.82) is 0 Å². The SMILES string of the molecule is COC(=O)C(C)Oc1ccc(Cl)c(Cn2c(C)c(C)c3cc(C(=O)N[C@@H](C)c4cccc(C(C)C)c4)ccc32)c1. The monoisotopic (exact) mass is 560 g/mol. The molecule has 0 aliphatic heterocycles. The molecule has 0 saturated heterocycles. The molecule has 0 fully saturated rings. The zero-order valence-electron chi connectivity index (χ0n) is 24.2. The van der Waals surface area contributed by atoms with E-state index >= 15 is 0 Å². The Morgan fingerprint density at radius 2 is 1.68 bits per heavy atom. The Morgan fingerprint density at radius 1 is 0.950 bits per heavy atom. The molecule has 0 aliphatic rings. The molecule has 1 N–H and O–H groups in total. The predicted molar refractivity (Wildman–Crippen MR) is 160 cm³/mol. The van der Waals surface area contributed by atoms with Crippen molar-refractivity contribution in [2.24, 2.45) is 0 Å². The first-order valence-electron chi connectivity index (χ1n) is 13.5. The Kier molecular flexibility index (Phi) is 8.89. The Balaban J connectivity index is 1.58. The molecule has 1 aromatic heterocycles. The van der Waals surface area contributed by atoms with Gasteiger partial charge in [0.2, 0.25) is 0 Å². The zero-order chi connectivity index (χ0) is 29.1. The molecule has 1 heterocycles. The fraction of sp³-hybridized carbons (Fsp3) is 0.333. The highest BCUT2D eigenvalue weighted by molar-refractivity contribution is 6.31. The van der Waals surface area contributed by atoms with E-state index in [4.69, 9.17) is 21.1 Å². The van der Waals surface area contributed by atoms with E-state index in [1.165, 1.54) is 12.7 Å². The summed E-state index contributed by atoms with van der Waals surface area (Å²) < 4.78 is 12.7. The minimum atomic E-state index is -0.734. The standard InChI is InChI=1S/C33H37ClN2O4/c1-19(2)24-9-8-10-25(15-24)21(4)35-32(37)26-11-14-31-29(17-26)20(3)22(5)36(31)18-27-16-28(12-13-30(27)34)40-23(6)33(38)39-7/h8-17,19,21,23H,18H2,1-7H3,(H,35,37)/t21-,23?/m0/s1. The van der Waals surface area contributed by atoms with Crippen LogP contribution in [0.4, 0.5) is 0 Å². The van der Waals surface area contributed by atoms with Crippen molar-refractivity contribution in [2.75, 3.05) is 7.11 Å². The van der Waals surface area contributed by atoms with Gasteiger partial charge in [0, 0.05) is 33.7 Å². The van der Waals surface area contributed by atoms with E-state index in [1.807, 2.05) is 37.3 Å². The van der Waals surface area contributed by atoms with Crippen LogP contribution in [0.3, 0.4) is 0 Å². The van der Waals surface area contributed by atoms with Gasteiger partial charge in [-0.25, -0.2) is 4.79 Å². The number of halogens is 1. The van der Waals surface area contributed by atoms with Crippen molar-refractivity contribution in [1.82, 2.24) is 9.88 Å². The van der Waals surface area contributed by atoms with E-state index in [1.54, 1.807) is 19.1 Å². The van der Waals surface area contributed by atoms with Crippen molar-refractivity contribution in [2.45, 2.75) is 66.2 Å². The zero-order valence-corrected chi connectivity index (χ0v) is 24.9. The molecular weight excluding hydrogens is 524 g/mol. The summed E-state index contributed by atoms with van der Waals surface area (Å²) in [5.41, 5.74) is 7.00. The second kappa shape index (κ2) is 12.2. The first-order chi connectivity index (χ1) is 19.0. The van der Waals surface area contributed by atoms with Crippen molar-refractivity contribution in [3.05, 3.63) is 99.2 Å². The van der Waals surface area contributed by atoms with Crippen molar-refractivity contribution in [3.8, 4) is 5.75 Å². The summed E-state index contributed by atoms with van der Waals surface area (Å²) in [7, 11) is 1.33. The number of aromatic nitrogens is 1. The lowest BCUT2D eigenvalue weighted by atomic mass is 9.98. The molecule has 0 saturated carbocycles. The summed E-state index contributed by atoms with van der Waals surface area (Å²) in [4.78, 5) is 25.0. The smallest absolute Gasteiger partial charge is 0.346 e. The van der Waals surface area contributed by atoms with E-state index in [-0.39, 0.29) is 11.9 Å². The lowest BCUT2D eigenvalue weighted by molar-refractivity contribution is -0.147. The normalized spacial score (nSPS) is 12.8. The van der Waals surface area contributed by atoms with Crippen LogP contribution in [0, 0.1) is 13.8 Å². The first-order valence-corrected chi connectivity index (χ1v) is 13.9. The van der Waals surface area contributed by atoms with Crippen molar-refractivity contribution < 1.29 is 19.1 Å². The third kappa shape index (κ3) is 6.18. The predicted octanol–water partition coefficient (Wildman–Crippen LogP) is 7.51. The summed E-state index contributed by atoms with van der Waals surface area (Å²) in [6, 6.07) is 19.4. The van der Waals surface area contributed by atoms with Gasteiger partial charge in [0.1, 0.15) is 5.75 Å². The summed E-state index contributed by atoms with van der Waals surface area (Å²) >= 11 is 6.56. The molecule has 2 atom stereocenters. The number of fused-ring (bicyclic) bond motifs is 1. The Bertz CT molecular complexity index is 1560. The van der Waals surface area contributed by atoms with Crippen LogP contribution in [-0.2, 0) is 16.1 Å². The number of hydrogen-bond donors (Lipinski definition) is 1. The number of esters is 1. The van der Waals surface area contributed by atoms with Crippen LogP contribution in [0.25, 0.3) is 10.9 Å². The summed E-state index contributed by atoms with van der Waals surface area (Å²) in [6.07, 6.45) is -0.734. The molecule has 3 aromatic carbocycles. The van der Waals surface area contributed by atoms with Gasteiger partial charge in [-0.1, -0.05) is 49.7 Å². The molecule has 40 heavy (non-hydrogen) atoms. The van der Waals surface area contributed by atoms with Gasteiger partial charge in [0.05, 0.1) is 13.2 Å². The van der Waals surface area contributed by atoms with Crippen molar-refractivity contribution >= 4 is 34.4 Å². The lowest BCUT2D eigenvalue weighted by Gasteiger charge is -2.17. The van der Waals surface area contributed by atoms with E-state index in [0.29, 0.717) is 28.8 Å². The van der Waals surface area contributed by atoms with Crippen molar-refractivity contribution in [3.63, 3.8) is 0 Å². The number of ether oxygens (including phenoxy) is 2. The Hall–Kier alpha value is -3.77. The number of hydrogen-bond acceptors (Lipinski definition) is 4. The van der Waals surface area contributed by atoms with Crippen LogP contribution >= 0.6 is 11.6 Å². The fourth-order valence-corrected chi connectivity index (χ4v) is 5.06. The number of benzene rings is 3. The molecule has 0 spiro atoms. The quantitative estimate of drug-likeness (QED) is 0.215. The number of carbonyl (C=O) groups excluding carboxylic acids is 2. The van der Waals surface area contributed by atoms with Gasteiger partial charge in [-0.05, 0) is 92.3 Å². The highest BCUT2D eigenvalue weighted by atomic mass is 35.5. The average molecular weight is 561 g/mol. The topological polar surface area (TPSA) is 69.6 Å². The Morgan fingerprint density at radius 3 is 2.38 bits per heavy atom. The summed E-state index contributed by atoms with van der Waals surface area (Å²) in [5, 5.41) is 4.77. The third-order valence-corrected chi connectivity index (χ3v) is 7.89. The number of aryl methyl sites for hydroxylation is 1. The van der Waals surface area contributed by atoms with Gasteiger partial charge in [-0.2, -0.15) is 0 Å². The number of rotatable bonds is 9. The Labute approximate surface area is 241 Å². The molecule has 0 radical (unpaired) electrons. The number of carbonyl (C=O) groups is 2. The maximum Gasteiger partial charge on any atom is 0.346 e. The second-order valence-electron chi connectivity index (χ2n) is 10.6. The molecule has 4 aromatic rings. The molecular formula is C33H37ClN2O4.